The van der Waals surface area contributed by atoms with Crippen LogP contribution in [-0.2, 0) is 11.2 Å². The first kappa shape index (κ1) is 15.3. The van der Waals surface area contributed by atoms with E-state index in [-0.39, 0.29) is 18.9 Å². The molecule has 1 amide bonds. The van der Waals surface area contributed by atoms with E-state index in [0.717, 1.165) is 12.0 Å². The molecule has 0 saturated heterocycles. The summed E-state index contributed by atoms with van der Waals surface area (Å²) in [6, 6.07) is 5.39. The van der Waals surface area contributed by atoms with Crippen molar-refractivity contribution in [1.82, 2.24) is 5.32 Å². The maximum Gasteiger partial charge on any atom is 0.224 e. The van der Waals surface area contributed by atoms with E-state index in [2.05, 4.69) is 5.32 Å². The lowest BCUT2D eigenvalue weighted by molar-refractivity contribution is -0.120. The molecule has 0 atom stereocenters. The zero-order valence-corrected chi connectivity index (χ0v) is 11.4. The van der Waals surface area contributed by atoms with Gasteiger partial charge < -0.3 is 19.9 Å². The Morgan fingerprint density at radius 3 is 2.68 bits per heavy atom. The molecule has 0 bridgehead atoms. The minimum atomic E-state index is -0.0543. The number of rotatable bonds is 8. The van der Waals surface area contributed by atoms with Crippen molar-refractivity contribution in [3.63, 3.8) is 0 Å². The second-order valence-corrected chi connectivity index (χ2v) is 4.14. The number of hydrogen-bond acceptors (Lipinski definition) is 4. The predicted molar refractivity (Wildman–Crippen MR) is 72.6 cm³/mol. The highest BCUT2D eigenvalue weighted by molar-refractivity contribution is 5.79. The Labute approximate surface area is 113 Å². The minimum absolute atomic E-state index is 0.0543. The smallest absolute Gasteiger partial charge is 0.224 e. The molecule has 106 valence electrons. The Bertz CT molecular complexity index is 406. The van der Waals surface area contributed by atoms with Crippen LogP contribution < -0.4 is 14.8 Å². The Morgan fingerprint density at radius 2 is 2.05 bits per heavy atom. The highest BCUT2D eigenvalue weighted by Crippen LogP contribution is 2.24. The van der Waals surface area contributed by atoms with E-state index < -0.39 is 0 Å². The molecule has 0 unspecified atom stereocenters. The van der Waals surface area contributed by atoms with Crippen LogP contribution >= 0.6 is 0 Å². The van der Waals surface area contributed by atoms with E-state index in [1.165, 1.54) is 0 Å². The van der Waals surface area contributed by atoms with Gasteiger partial charge in [0.05, 0.1) is 20.6 Å². The third-order valence-corrected chi connectivity index (χ3v) is 2.75. The summed E-state index contributed by atoms with van der Waals surface area (Å²) in [5.41, 5.74) is 0.822. The van der Waals surface area contributed by atoms with Crippen molar-refractivity contribution in [3.8, 4) is 11.5 Å². The van der Waals surface area contributed by atoms with Crippen LogP contribution in [0.2, 0.25) is 0 Å². The molecule has 0 radical (unpaired) electrons. The zero-order valence-electron chi connectivity index (χ0n) is 11.4. The van der Waals surface area contributed by atoms with Gasteiger partial charge in [-0.05, 0) is 18.9 Å². The van der Waals surface area contributed by atoms with Crippen molar-refractivity contribution in [2.24, 2.45) is 0 Å². The van der Waals surface area contributed by atoms with Crippen LogP contribution in [0.4, 0.5) is 0 Å². The van der Waals surface area contributed by atoms with Crippen LogP contribution in [0.3, 0.4) is 0 Å². The molecule has 2 N–H and O–H groups in total. The topological polar surface area (TPSA) is 67.8 Å². The summed E-state index contributed by atoms with van der Waals surface area (Å²) >= 11 is 0. The first-order valence-electron chi connectivity index (χ1n) is 6.29. The van der Waals surface area contributed by atoms with Gasteiger partial charge in [-0.2, -0.15) is 0 Å². The second-order valence-electron chi connectivity index (χ2n) is 4.14. The molecule has 19 heavy (non-hydrogen) atoms. The molecule has 0 aliphatic heterocycles. The summed E-state index contributed by atoms with van der Waals surface area (Å²) in [5, 5.41) is 11.5. The largest absolute Gasteiger partial charge is 0.497 e. The summed E-state index contributed by atoms with van der Waals surface area (Å²) in [7, 11) is 3.15. The summed E-state index contributed by atoms with van der Waals surface area (Å²) in [4.78, 5) is 11.7. The van der Waals surface area contributed by atoms with Gasteiger partial charge in [-0.3, -0.25) is 4.79 Å². The fraction of sp³-hybridized carbons (Fsp3) is 0.500. The average Bonchev–Trinajstić information content (AvgIpc) is 2.44. The number of nitrogens with one attached hydrogen (secondary N) is 1. The average molecular weight is 267 g/mol. The van der Waals surface area contributed by atoms with Crippen LogP contribution in [0.5, 0.6) is 11.5 Å². The molecule has 0 fully saturated rings. The second kappa shape index (κ2) is 8.37. The zero-order chi connectivity index (χ0) is 14.1. The molecule has 0 aliphatic rings. The number of aliphatic hydroxyl groups excluding tert-OH is 1. The molecule has 1 aromatic carbocycles. The molecule has 0 spiro atoms. The summed E-state index contributed by atoms with van der Waals surface area (Å²) < 4.78 is 10.3. The highest BCUT2D eigenvalue weighted by Gasteiger charge is 2.09. The van der Waals surface area contributed by atoms with E-state index in [1.807, 2.05) is 6.07 Å². The van der Waals surface area contributed by atoms with Crippen molar-refractivity contribution in [2.75, 3.05) is 27.4 Å². The predicted octanol–water partition coefficient (Wildman–Crippen LogP) is 1.13. The lowest BCUT2D eigenvalue weighted by Gasteiger charge is -2.10. The van der Waals surface area contributed by atoms with Crippen LogP contribution in [0, 0.1) is 0 Å². The lowest BCUT2D eigenvalue weighted by Crippen LogP contribution is -2.26. The third-order valence-electron chi connectivity index (χ3n) is 2.75. The van der Waals surface area contributed by atoms with Crippen LogP contribution in [0.1, 0.15) is 18.4 Å². The first-order chi connectivity index (χ1) is 9.21. The number of methoxy groups -OCH3 is 2. The van der Waals surface area contributed by atoms with Gasteiger partial charge in [0.25, 0.3) is 0 Å². The Kier molecular flexibility index (Phi) is 6.74. The number of amides is 1. The van der Waals surface area contributed by atoms with E-state index in [4.69, 9.17) is 14.6 Å². The number of ether oxygens (including phenoxy) is 2. The number of aliphatic hydroxyl groups is 1. The van der Waals surface area contributed by atoms with Gasteiger partial charge in [0.1, 0.15) is 11.5 Å². The monoisotopic (exact) mass is 267 g/mol. The highest BCUT2D eigenvalue weighted by atomic mass is 16.5. The molecule has 0 heterocycles. The quantitative estimate of drug-likeness (QED) is 0.693. The molecule has 0 saturated carbocycles. The van der Waals surface area contributed by atoms with Gasteiger partial charge in [-0.15, -0.1) is 0 Å². The van der Waals surface area contributed by atoms with Crippen molar-refractivity contribution >= 4 is 5.91 Å². The van der Waals surface area contributed by atoms with Gasteiger partial charge in [-0.1, -0.05) is 6.07 Å². The van der Waals surface area contributed by atoms with Gasteiger partial charge >= 0.3 is 0 Å². The molecule has 0 aromatic heterocycles. The third kappa shape index (κ3) is 5.18. The lowest BCUT2D eigenvalue weighted by atomic mass is 10.1. The van der Waals surface area contributed by atoms with Crippen molar-refractivity contribution in [2.45, 2.75) is 19.3 Å². The normalized spacial score (nSPS) is 10.1. The Balaban J connectivity index is 2.53. The fourth-order valence-electron chi connectivity index (χ4n) is 1.70. The van der Waals surface area contributed by atoms with Gasteiger partial charge in [0.2, 0.25) is 5.91 Å². The van der Waals surface area contributed by atoms with Crippen molar-refractivity contribution in [1.29, 1.82) is 0 Å². The molecular weight excluding hydrogens is 246 g/mol. The number of benzene rings is 1. The summed E-state index contributed by atoms with van der Waals surface area (Å²) in [5.74, 6) is 1.29. The maximum absolute atomic E-state index is 11.7. The number of hydrogen-bond donors (Lipinski definition) is 2. The number of carbonyl (C=O) groups is 1. The molecular formula is C14H21NO4. The van der Waals surface area contributed by atoms with Gasteiger partial charge in [0, 0.05) is 24.8 Å². The summed E-state index contributed by atoms with van der Waals surface area (Å²) in [6.07, 6.45) is 1.75. The first-order valence-corrected chi connectivity index (χ1v) is 6.29. The Morgan fingerprint density at radius 1 is 1.26 bits per heavy atom. The molecule has 1 aromatic rings. The molecule has 1 rings (SSSR count). The number of carbonyl (C=O) groups excluding carboxylic acids is 1. The SMILES string of the molecule is COc1ccc(CC(=O)NCCCCO)c(OC)c1. The minimum Gasteiger partial charge on any atom is -0.497 e. The van der Waals surface area contributed by atoms with Crippen LogP contribution in [-0.4, -0.2) is 38.4 Å². The number of unbranched alkanes of at least 4 members (excludes halogenated alkanes) is 1. The van der Waals surface area contributed by atoms with Gasteiger partial charge in [0.15, 0.2) is 0 Å². The Hall–Kier alpha value is -1.75. The van der Waals surface area contributed by atoms with Crippen molar-refractivity contribution in [3.05, 3.63) is 23.8 Å². The van der Waals surface area contributed by atoms with Crippen molar-refractivity contribution < 1.29 is 19.4 Å². The molecule has 5 heteroatoms. The van der Waals surface area contributed by atoms with Crippen LogP contribution in [0.15, 0.2) is 18.2 Å². The van der Waals surface area contributed by atoms with E-state index in [0.29, 0.717) is 24.5 Å². The standard InChI is InChI=1S/C14H21NO4/c1-18-12-6-5-11(13(10-12)19-2)9-14(17)15-7-3-4-8-16/h5-6,10,16H,3-4,7-9H2,1-2H3,(H,15,17). The fourth-order valence-corrected chi connectivity index (χ4v) is 1.70. The summed E-state index contributed by atoms with van der Waals surface area (Å²) in [6.45, 7) is 0.736. The van der Waals surface area contributed by atoms with Crippen LogP contribution in [0.25, 0.3) is 0 Å². The van der Waals surface area contributed by atoms with Gasteiger partial charge in [-0.25, -0.2) is 0 Å². The van der Waals surface area contributed by atoms with E-state index in [1.54, 1.807) is 26.4 Å². The van der Waals surface area contributed by atoms with E-state index in [9.17, 15) is 4.79 Å². The molecule has 5 nitrogen and oxygen atoms in total. The molecule has 0 aliphatic carbocycles. The van der Waals surface area contributed by atoms with E-state index >= 15 is 0 Å². The maximum atomic E-state index is 11.7.